The van der Waals surface area contributed by atoms with Gasteiger partial charge >= 0.3 is 0 Å². The van der Waals surface area contributed by atoms with Crippen LogP contribution in [0.25, 0.3) is 21.6 Å². The average Bonchev–Trinajstić information content (AvgIpc) is 2.85. The van der Waals surface area contributed by atoms with Crippen molar-refractivity contribution in [2.75, 3.05) is 6.54 Å². The molecule has 0 aliphatic rings. The van der Waals surface area contributed by atoms with Crippen LogP contribution in [0.1, 0.15) is 11.4 Å². The van der Waals surface area contributed by atoms with E-state index in [0.717, 1.165) is 39.4 Å². The minimum absolute atomic E-state index is 0.595. The first-order chi connectivity index (χ1) is 9.26. The second-order valence-corrected chi connectivity index (χ2v) is 5.34. The number of hydrogen-bond donors (Lipinski definition) is 1. The van der Waals surface area contributed by atoms with Gasteiger partial charge in [0.2, 0.25) is 0 Å². The number of thiophene rings is 1. The predicted octanol–water partition coefficient (Wildman–Crippen LogP) is 2.56. The maximum Gasteiger partial charge on any atom is 0.161 e. The smallest absolute Gasteiger partial charge is 0.161 e. The van der Waals surface area contributed by atoms with Gasteiger partial charge in [-0.3, -0.25) is 4.98 Å². The fourth-order valence-electron chi connectivity index (χ4n) is 2.01. The molecule has 3 rings (SSSR count). The van der Waals surface area contributed by atoms with Crippen molar-refractivity contribution in [3.8, 4) is 11.4 Å². The number of nitrogens with zero attached hydrogens (tertiary/aromatic N) is 3. The van der Waals surface area contributed by atoms with Crippen LogP contribution in [0.15, 0.2) is 29.8 Å². The number of fused-ring (bicyclic) bond motifs is 1. The monoisotopic (exact) mass is 270 g/mol. The minimum Gasteiger partial charge on any atom is -0.330 e. The van der Waals surface area contributed by atoms with Crippen molar-refractivity contribution in [1.29, 1.82) is 0 Å². The van der Waals surface area contributed by atoms with Crippen molar-refractivity contribution in [1.82, 2.24) is 15.0 Å². The van der Waals surface area contributed by atoms with E-state index in [-0.39, 0.29) is 0 Å². The highest BCUT2D eigenvalue weighted by Crippen LogP contribution is 2.24. The summed E-state index contributed by atoms with van der Waals surface area (Å²) in [7, 11) is 0. The van der Waals surface area contributed by atoms with Crippen molar-refractivity contribution < 1.29 is 0 Å². The van der Waals surface area contributed by atoms with Crippen molar-refractivity contribution in [2.45, 2.75) is 13.3 Å². The molecule has 0 saturated heterocycles. The molecule has 0 aliphatic carbocycles. The van der Waals surface area contributed by atoms with Crippen LogP contribution in [0.3, 0.4) is 0 Å². The third-order valence-corrected chi connectivity index (χ3v) is 3.72. The number of hydrogen-bond acceptors (Lipinski definition) is 5. The van der Waals surface area contributed by atoms with Gasteiger partial charge in [0.25, 0.3) is 0 Å². The van der Waals surface area contributed by atoms with E-state index in [9.17, 15) is 0 Å². The number of pyridine rings is 1. The van der Waals surface area contributed by atoms with Crippen LogP contribution in [0.4, 0.5) is 0 Å². The summed E-state index contributed by atoms with van der Waals surface area (Å²) in [5.41, 5.74) is 9.50. The molecule has 0 atom stereocenters. The molecule has 0 radical (unpaired) electrons. The molecule has 0 spiro atoms. The molecule has 0 aromatic carbocycles. The van der Waals surface area contributed by atoms with E-state index in [4.69, 9.17) is 5.73 Å². The van der Waals surface area contributed by atoms with Gasteiger partial charge in [-0.25, -0.2) is 9.97 Å². The first-order valence-electron chi connectivity index (χ1n) is 6.14. The van der Waals surface area contributed by atoms with Gasteiger partial charge in [-0.05, 0) is 37.0 Å². The molecule has 96 valence electrons. The quantitative estimate of drug-likeness (QED) is 0.794. The molecule has 2 N–H and O–H groups in total. The Hall–Kier alpha value is -1.85. The van der Waals surface area contributed by atoms with Crippen LogP contribution in [0, 0.1) is 6.92 Å². The molecule has 3 aromatic rings. The zero-order chi connectivity index (χ0) is 13.2. The molecular weight excluding hydrogens is 256 g/mol. The van der Waals surface area contributed by atoms with E-state index in [1.165, 1.54) is 0 Å². The van der Waals surface area contributed by atoms with Crippen LogP contribution >= 0.6 is 11.3 Å². The van der Waals surface area contributed by atoms with Gasteiger partial charge < -0.3 is 5.73 Å². The third kappa shape index (κ3) is 2.47. The molecule has 5 heteroatoms. The van der Waals surface area contributed by atoms with Gasteiger partial charge in [-0.15, -0.1) is 11.3 Å². The summed E-state index contributed by atoms with van der Waals surface area (Å²) in [5, 5.41) is 2.04. The Balaban J connectivity index is 2.09. The lowest BCUT2D eigenvalue weighted by atomic mass is 10.2. The van der Waals surface area contributed by atoms with Gasteiger partial charge in [-0.1, -0.05) is 0 Å². The Kier molecular flexibility index (Phi) is 3.23. The Labute approximate surface area is 115 Å². The molecule has 0 amide bonds. The van der Waals surface area contributed by atoms with Crippen LogP contribution in [0.5, 0.6) is 0 Å². The second-order valence-electron chi connectivity index (χ2n) is 4.39. The Morgan fingerprint density at radius 3 is 3.00 bits per heavy atom. The normalized spacial score (nSPS) is 11.1. The van der Waals surface area contributed by atoms with Crippen molar-refractivity contribution in [3.63, 3.8) is 0 Å². The van der Waals surface area contributed by atoms with E-state index in [2.05, 4.69) is 21.0 Å². The van der Waals surface area contributed by atoms with Gasteiger partial charge in [-0.2, -0.15) is 0 Å². The summed E-state index contributed by atoms with van der Waals surface area (Å²) in [6.45, 7) is 2.57. The molecule has 3 heterocycles. The largest absolute Gasteiger partial charge is 0.330 e. The van der Waals surface area contributed by atoms with Gasteiger partial charge in [0.05, 0.1) is 10.2 Å². The van der Waals surface area contributed by atoms with E-state index in [0.29, 0.717) is 6.54 Å². The third-order valence-electron chi connectivity index (χ3n) is 2.87. The van der Waals surface area contributed by atoms with Gasteiger partial charge in [0, 0.05) is 29.6 Å². The van der Waals surface area contributed by atoms with Crippen LogP contribution in [-0.2, 0) is 6.42 Å². The molecule has 0 fully saturated rings. The van der Waals surface area contributed by atoms with Crippen molar-refractivity contribution in [2.24, 2.45) is 5.73 Å². The SMILES string of the molecule is Cc1cc(CCN)nc(-c2cnc3ccsc3c2)n1. The molecule has 19 heavy (non-hydrogen) atoms. The Bertz CT molecular complexity index is 720. The van der Waals surface area contributed by atoms with E-state index >= 15 is 0 Å². The number of rotatable bonds is 3. The zero-order valence-corrected chi connectivity index (χ0v) is 11.4. The fraction of sp³-hybridized carbons (Fsp3) is 0.214. The van der Waals surface area contributed by atoms with Crippen molar-refractivity contribution >= 4 is 21.6 Å². The summed E-state index contributed by atoms with van der Waals surface area (Å²) in [4.78, 5) is 13.5. The van der Waals surface area contributed by atoms with Gasteiger partial charge in [0.15, 0.2) is 5.82 Å². The van der Waals surface area contributed by atoms with E-state index in [1.807, 2.05) is 30.6 Å². The summed E-state index contributed by atoms with van der Waals surface area (Å²) in [5.74, 6) is 0.728. The van der Waals surface area contributed by atoms with Crippen LogP contribution in [0.2, 0.25) is 0 Å². The first-order valence-corrected chi connectivity index (χ1v) is 7.02. The second kappa shape index (κ2) is 5.03. The maximum atomic E-state index is 5.59. The first kappa shape index (κ1) is 12.2. The van der Waals surface area contributed by atoms with Crippen LogP contribution in [-0.4, -0.2) is 21.5 Å². The fourth-order valence-corrected chi connectivity index (χ4v) is 2.79. The molecule has 0 unspecified atom stereocenters. The number of nitrogens with two attached hydrogens (primary N) is 1. The standard InChI is InChI=1S/C14H14N4S/c1-9-6-11(2-4-15)18-14(17-9)10-7-13-12(16-8-10)3-5-19-13/h3,5-8H,2,4,15H2,1H3. The predicted molar refractivity (Wildman–Crippen MR) is 78.1 cm³/mol. The molecule has 0 saturated carbocycles. The highest BCUT2D eigenvalue weighted by Gasteiger charge is 2.07. The van der Waals surface area contributed by atoms with Crippen LogP contribution < -0.4 is 5.73 Å². The Morgan fingerprint density at radius 1 is 1.26 bits per heavy atom. The highest BCUT2D eigenvalue weighted by atomic mass is 32.1. The number of aryl methyl sites for hydroxylation is 1. The lowest BCUT2D eigenvalue weighted by molar-refractivity contribution is 0.904. The topological polar surface area (TPSA) is 64.7 Å². The maximum absolute atomic E-state index is 5.59. The highest BCUT2D eigenvalue weighted by molar-refractivity contribution is 7.17. The van der Waals surface area contributed by atoms with E-state index in [1.54, 1.807) is 11.3 Å². The Morgan fingerprint density at radius 2 is 2.16 bits per heavy atom. The van der Waals surface area contributed by atoms with E-state index < -0.39 is 0 Å². The molecule has 0 aliphatic heterocycles. The molecular formula is C14H14N4S. The number of aromatic nitrogens is 3. The molecule has 3 aromatic heterocycles. The summed E-state index contributed by atoms with van der Waals surface area (Å²) in [6.07, 6.45) is 2.60. The molecule has 0 bridgehead atoms. The minimum atomic E-state index is 0.595. The van der Waals surface area contributed by atoms with Crippen molar-refractivity contribution in [3.05, 3.63) is 41.2 Å². The zero-order valence-electron chi connectivity index (χ0n) is 10.6. The summed E-state index contributed by atoms with van der Waals surface area (Å²) >= 11 is 1.68. The summed E-state index contributed by atoms with van der Waals surface area (Å²) in [6, 6.07) is 6.09. The lowest BCUT2D eigenvalue weighted by Crippen LogP contribution is -2.06. The molecule has 4 nitrogen and oxygen atoms in total. The average molecular weight is 270 g/mol. The van der Waals surface area contributed by atoms with Gasteiger partial charge in [0.1, 0.15) is 0 Å². The summed E-state index contributed by atoms with van der Waals surface area (Å²) < 4.78 is 1.16. The lowest BCUT2D eigenvalue weighted by Gasteiger charge is -2.05.